The summed E-state index contributed by atoms with van der Waals surface area (Å²) in [7, 11) is -3.53. The molecule has 0 aliphatic carbocycles. The maximum absolute atomic E-state index is 13.2. The van der Waals surface area contributed by atoms with E-state index in [0.29, 0.717) is 23.8 Å². The van der Waals surface area contributed by atoms with Gasteiger partial charge in [-0.1, -0.05) is 29.8 Å². The fraction of sp³-hybridized carbons (Fsp3) is 0.368. The molecule has 1 N–H and O–H groups in total. The molecule has 1 aromatic heterocycles. The normalized spacial score (nSPS) is 16.4. The lowest BCUT2D eigenvalue weighted by Crippen LogP contribution is -2.35. The molecular formula is C19H21ClFN3O3S2. The Morgan fingerprint density at radius 2 is 1.97 bits per heavy atom. The molecule has 3 rings (SSSR count). The highest BCUT2D eigenvalue weighted by atomic mass is 35.5. The Kier molecular flexibility index (Phi) is 7.15. The van der Waals surface area contributed by atoms with Gasteiger partial charge in [-0.05, 0) is 50.1 Å². The summed E-state index contributed by atoms with van der Waals surface area (Å²) in [5.41, 5.74) is 0.393. The van der Waals surface area contributed by atoms with E-state index in [1.54, 1.807) is 13.0 Å². The van der Waals surface area contributed by atoms with E-state index in [0.717, 1.165) is 19.3 Å². The molecule has 29 heavy (non-hydrogen) atoms. The van der Waals surface area contributed by atoms with E-state index in [1.807, 2.05) is 0 Å². The van der Waals surface area contributed by atoms with E-state index < -0.39 is 21.1 Å². The smallest absolute Gasteiger partial charge is 0.244 e. The third-order valence-corrected chi connectivity index (χ3v) is 7.74. The first-order valence-electron chi connectivity index (χ1n) is 9.16. The number of amides is 1. The van der Waals surface area contributed by atoms with Crippen LogP contribution in [0.15, 0.2) is 46.5 Å². The fourth-order valence-corrected chi connectivity index (χ4v) is 5.33. The van der Waals surface area contributed by atoms with Crippen LogP contribution in [0.5, 0.6) is 0 Å². The predicted octanol–water partition coefficient (Wildman–Crippen LogP) is 4.17. The molecule has 1 amide bonds. The lowest BCUT2D eigenvalue weighted by molar-refractivity contribution is -0.115. The summed E-state index contributed by atoms with van der Waals surface area (Å²) >= 11 is 6.91. The maximum Gasteiger partial charge on any atom is 0.244 e. The third kappa shape index (κ3) is 5.48. The molecule has 0 spiro atoms. The number of piperidine rings is 1. The quantitative estimate of drug-likeness (QED) is 0.658. The van der Waals surface area contributed by atoms with Crippen LogP contribution < -0.4 is 5.32 Å². The predicted molar refractivity (Wildman–Crippen MR) is 112 cm³/mol. The number of hydrogen-bond donors (Lipinski definition) is 1. The zero-order chi connectivity index (χ0) is 21.0. The zero-order valence-corrected chi connectivity index (χ0v) is 18.2. The van der Waals surface area contributed by atoms with Gasteiger partial charge in [0.25, 0.3) is 0 Å². The van der Waals surface area contributed by atoms with Crippen molar-refractivity contribution >= 4 is 45.0 Å². The van der Waals surface area contributed by atoms with Crippen molar-refractivity contribution in [2.24, 2.45) is 0 Å². The molecule has 156 valence electrons. The van der Waals surface area contributed by atoms with E-state index >= 15 is 0 Å². The van der Waals surface area contributed by atoms with Crippen LogP contribution in [-0.2, 0) is 14.8 Å². The summed E-state index contributed by atoms with van der Waals surface area (Å²) in [4.78, 5) is 16.7. The number of carbonyl (C=O) groups is 1. The number of pyridine rings is 1. The standard InChI is InChI=1S/C19H21ClFN3O3S2/c1-13(19(25)23-14-5-7-17(21)16(20)11-14)28-18-8-6-15(12-22-18)29(26,27)24-9-3-2-4-10-24/h5-8,11-13H,2-4,9-10H2,1H3,(H,23,25). The van der Waals surface area contributed by atoms with Crippen molar-refractivity contribution in [3.8, 4) is 0 Å². The topological polar surface area (TPSA) is 79.4 Å². The minimum absolute atomic E-state index is 0.0738. The first-order chi connectivity index (χ1) is 13.8. The number of halogens is 2. The van der Waals surface area contributed by atoms with Crippen LogP contribution in [0, 0.1) is 5.82 Å². The average Bonchev–Trinajstić information content (AvgIpc) is 2.72. The fourth-order valence-electron chi connectivity index (χ4n) is 2.90. The summed E-state index contributed by atoms with van der Waals surface area (Å²) in [6.07, 6.45) is 4.11. The van der Waals surface area contributed by atoms with Crippen LogP contribution in [0.25, 0.3) is 0 Å². The van der Waals surface area contributed by atoms with E-state index in [2.05, 4.69) is 10.3 Å². The molecule has 1 atom stereocenters. The Bertz CT molecular complexity index is 981. The molecule has 1 aromatic carbocycles. The minimum Gasteiger partial charge on any atom is -0.325 e. The molecule has 1 unspecified atom stereocenters. The number of sulfonamides is 1. The van der Waals surface area contributed by atoms with E-state index in [-0.39, 0.29) is 15.8 Å². The highest BCUT2D eigenvalue weighted by Crippen LogP contribution is 2.26. The molecule has 6 nitrogen and oxygen atoms in total. The maximum atomic E-state index is 13.2. The molecule has 2 heterocycles. The highest BCUT2D eigenvalue weighted by Gasteiger charge is 2.26. The van der Waals surface area contributed by atoms with E-state index in [1.165, 1.54) is 46.5 Å². The summed E-state index contributed by atoms with van der Waals surface area (Å²) in [6, 6.07) is 7.06. The number of nitrogens with one attached hydrogen (secondary N) is 1. The van der Waals surface area contributed by atoms with Gasteiger partial charge in [-0.3, -0.25) is 4.79 Å². The van der Waals surface area contributed by atoms with Gasteiger partial charge in [-0.25, -0.2) is 17.8 Å². The molecule has 2 aromatic rings. The Hall–Kier alpha value is -1.68. The van der Waals surface area contributed by atoms with Crippen molar-refractivity contribution in [3.63, 3.8) is 0 Å². The van der Waals surface area contributed by atoms with Crippen molar-refractivity contribution in [1.29, 1.82) is 0 Å². The number of anilines is 1. The Labute approximate surface area is 178 Å². The molecule has 1 fully saturated rings. The number of hydrogen-bond acceptors (Lipinski definition) is 5. The lowest BCUT2D eigenvalue weighted by atomic mass is 10.2. The number of aromatic nitrogens is 1. The molecular weight excluding hydrogens is 437 g/mol. The van der Waals surface area contributed by atoms with Crippen LogP contribution in [0.3, 0.4) is 0 Å². The summed E-state index contributed by atoms with van der Waals surface area (Å²) in [6.45, 7) is 2.76. The van der Waals surface area contributed by atoms with Crippen LogP contribution in [-0.4, -0.2) is 42.0 Å². The van der Waals surface area contributed by atoms with Gasteiger partial charge in [0.2, 0.25) is 15.9 Å². The van der Waals surface area contributed by atoms with Gasteiger partial charge >= 0.3 is 0 Å². The van der Waals surface area contributed by atoms with Crippen molar-refractivity contribution in [2.75, 3.05) is 18.4 Å². The van der Waals surface area contributed by atoms with Crippen molar-refractivity contribution in [2.45, 2.75) is 41.4 Å². The first kappa shape index (κ1) is 22.0. The summed E-state index contributed by atoms with van der Waals surface area (Å²) < 4.78 is 40.0. The van der Waals surface area contributed by atoms with Crippen LogP contribution in [0.4, 0.5) is 10.1 Å². The first-order valence-corrected chi connectivity index (χ1v) is 11.9. The third-order valence-electron chi connectivity index (χ3n) is 4.52. The Morgan fingerprint density at radius 1 is 1.24 bits per heavy atom. The lowest BCUT2D eigenvalue weighted by Gasteiger charge is -2.25. The molecule has 0 bridgehead atoms. The zero-order valence-electron chi connectivity index (χ0n) is 15.8. The van der Waals surface area contributed by atoms with Gasteiger partial charge < -0.3 is 5.32 Å². The second kappa shape index (κ2) is 9.42. The molecule has 10 heteroatoms. The van der Waals surface area contributed by atoms with Gasteiger partial charge in [0.05, 0.1) is 15.3 Å². The van der Waals surface area contributed by atoms with Crippen LogP contribution in [0.2, 0.25) is 5.02 Å². The Morgan fingerprint density at radius 3 is 2.59 bits per heavy atom. The number of thioether (sulfide) groups is 1. The molecule has 0 saturated carbocycles. The molecule has 1 aliphatic heterocycles. The number of nitrogens with zero attached hydrogens (tertiary/aromatic N) is 2. The molecule has 1 aliphatic rings. The monoisotopic (exact) mass is 457 g/mol. The van der Waals surface area contributed by atoms with Crippen LogP contribution in [0.1, 0.15) is 26.2 Å². The van der Waals surface area contributed by atoms with Crippen molar-refractivity contribution in [3.05, 3.63) is 47.4 Å². The van der Waals surface area contributed by atoms with Crippen molar-refractivity contribution in [1.82, 2.24) is 9.29 Å². The van der Waals surface area contributed by atoms with Gasteiger partial charge in [0.1, 0.15) is 10.7 Å². The van der Waals surface area contributed by atoms with Gasteiger partial charge in [0.15, 0.2) is 0 Å². The van der Waals surface area contributed by atoms with E-state index in [9.17, 15) is 17.6 Å². The molecule has 0 radical (unpaired) electrons. The summed E-state index contributed by atoms with van der Waals surface area (Å²) in [5.74, 6) is -0.861. The molecule has 1 saturated heterocycles. The Balaban J connectivity index is 1.62. The van der Waals surface area contributed by atoms with Gasteiger partial charge in [-0.2, -0.15) is 4.31 Å². The summed E-state index contributed by atoms with van der Waals surface area (Å²) in [5, 5.41) is 2.62. The number of benzene rings is 1. The van der Waals surface area contributed by atoms with Crippen LogP contribution >= 0.6 is 23.4 Å². The van der Waals surface area contributed by atoms with Gasteiger partial charge in [0, 0.05) is 25.0 Å². The van der Waals surface area contributed by atoms with E-state index in [4.69, 9.17) is 11.6 Å². The number of rotatable bonds is 6. The van der Waals surface area contributed by atoms with Crippen molar-refractivity contribution < 1.29 is 17.6 Å². The largest absolute Gasteiger partial charge is 0.325 e. The average molecular weight is 458 g/mol. The second-order valence-electron chi connectivity index (χ2n) is 6.68. The van der Waals surface area contributed by atoms with Gasteiger partial charge in [-0.15, -0.1) is 0 Å². The SMILES string of the molecule is CC(Sc1ccc(S(=O)(=O)N2CCCCC2)cn1)C(=O)Nc1ccc(F)c(Cl)c1. The highest BCUT2D eigenvalue weighted by molar-refractivity contribution is 8.00. The minimum atomic E-state index is -3.53. The number of carbonyl (C=O) groups excluding carboxylic acids is 1. The second-order valence-corrected chi connectivity index (χ2v) is 10.4.